The van der Waals surface area contributed by atoms with Gasteiger partial charge in [-0.2, -0.15) is 0 Å². The number of nitrogens with zero attached hydrogens (tertiary/aromatic N) is 3. The quantitative estimate of drug-likeness (QED) is 0.163. The van der Waals surface area contributed by atoms with Crippen LogP contribution in [0.2, 0.25) is 5.02 Å². The number of pyridine rings is 1. The van der Waals surface area contributed by atoms with E-state index in [1.54, 1.807) is 55.9 Å². The monoisotopic (exact) mass is 644 g/mol. The number of hydrogen-bond donors (Lipinski definition) is 3. The number of nitrogens with one attached hydrogen (secondary N) is 3. The highest BCUT2D eigenvalue weighted by Crippen LogP contribution is 2.39. The van der Waals surface area contributed by atoms with Crippen LogP contribution < -0.4 is 20.1 Å². The van der Waals surface area contributed by atoms with Crippen LogP contribution in [-0.4, -0.2) is 55.7 Å². The van der Waals surface area contributed by atoms with E-state index in [4.69, 9.17) is 26.1 Å². The zero-order valence-corrected chi connectivity index (χ0v) is 26.4. The number of halogens is 1. The van der Waals surface area contributed by atoms with E-state index in [1.807, 2.05) is 43.3 Å². The Bertz CT molecular complexity index is 1920. The SMILES string of the molecule is CO[C@H]1CNC[C@@H](Nc2nccc(-c3cccnc3Oc3c(C)ccc4c(NS(=O)(=O)Cc5ccc(Cl)cc5)cccc34)n2)C1. The molecule has 232 valence electrons. The number of aryl methyl sites for hydroxylation is 1. The predicted octanol–water partition coefficient (Wildman–Crippen LogP) is 6.18. The summed E-state index contributed by atoms with van der Waals surface area (Å²) in [7, 11) is -2.00. The molecule has 3 N–H and O–H groups in total. The number of anilines is 2. The van der Waals surface area contributed by atoms with Gasteiger partial charge in [0.2, 0.25) is 21.9 Å². The fourth-order valence-electron chi connectivity index (χ4n) is 5.38. The summed E-state index contributed by atoms with van der Waals surface area (Å²) < 4.78 is 41.0. The normalized spacial score (nSPS) is 16.8. The van der Waals surface area contributed by atoms with Crippen molar-refractivity contribution in [3.8, 4) is 22.9 Å². The van der Waals surface area contributed by atoms with Crippen molar-refractivity contribution in [2.24, 2.45) is 0 Å². The Balaban J connectivity index is 1.28. The Labute approximate surface area is 267 Å². The van der Waals surface area contributed by atoms with Crippen LogP contribution in [0.1, 0.15) is 17.5 Å². The Morgan fingerprint density at radius 1 is 0.956 bits per heavy atom. The molecule has 1 saturated heterocycles. The lowest BCUT2D eigenvalue weighted by Gasteiger charge is -2.29. The van der Waals surface area contributed by atoms with Crippen LogP contribution in [0.5, 0.6) is 11.6 Å². The summed E-state index contributed by atoms with van der Waals surface area (Å²) in [5.74, 6) is 1.25. The number of ether oxygens (including phenoxy) is 2. The maximum absolute atomic E-state index is 13.1. The van der Waals surface area contributed by atoms with Crippen molar-refractivity contribution in [3.63, 3.8) is 0 Å². The lowest BCUT2D eigenvalue weighted by molar-refractivity contribution is 0.0770. The summed E-state index contributed by atoms with van der Waals surface area (Å²) in [4.78, 5) is 13.8. The number of piperidine rings is 1. The molecule has 2 atom stereocenters. The molecular weight excluding hydrogens is 612 g/mol. The molecule has 0 saturated carbocycles. The molecule has 1 aliphatic rings. The Hall–Kier alpha value is -4.29. The van der Waals surface area contributed by atoms with Gasteiger partial charge < -0.3 is 20.1 Å². The number of aromatic nitrogens is 3. The van der Waals surface area contributed by atoms with Crippen LogP contribution in [0, 0.1) is 6.92 Å². The van der Waals surface area contributed by atoms with E-state index in [-0.39, 0.29) is 17.9 Å². The van der Waals surface area contributed by atoms with E-state index < -0.39 is 10.0 Å². The van der Waals surface area contributed by atoms with Gasteiger partial charge in [-0.1, -0.05) is 48.0 Å². The average Bonchev–Trinajstić information content (AvgIpc) is 3.04. The lowest BCUT2D eigenvalue weighted by Crippen LogP contribution is -2.46. The lowest BCUT2D eigenvalue weighted by atomic mass is 10.0. The molecule has 5 aromatic rings. The molecule has 6 rings (SSSR count). The van der Waals surface area contributed by atoms with Gasteiger partial charge >= 0.3 is 0 Å². The zero-order chi connectivity index (χ0) is 31.4. The highest BCUT2D eigenvalue weighted by molar-refractivity contribution is 7.91. The van der Waals surface area contributed by atoms with Crippen molar-refractivity contribution < 1.29 is 17.9 Å². The van der Waals surface area contributed by atoms with E-state index >= 15 is 0 Å². The maximum Gasteiger partial charge on any atom is 0.236 e. The van der Waals surface area contributed by atoms with Crippen LogP contribution in [0.25, 0.3) is 22.0 Å². The third-order valence-electron chi connectivity index (χ3n) is 7.62. The molecule has 45 heavy (non-hydrogen) atoms. The molecular formula is C33H33ClN6O4S. The summed E-state index contributed by atoms with van der Waals surface area (Å²) >= 11 is 5.96. The molecule has 12 heteroatoms. The van der Waals surface area contributed by atoms with E-state index in [1.165, 1.54) is 0 Å². The van der Waals surface area contributed by atoms with Crippen molar-refractivity contribution in [1.82, 2.24) is 20.3 Å². The van der Waals surface area contributed by atoms with Gasteiger partial charge in [0.15, 0.2) is 0 Å². The molecule has 3 heterocycles. The van der Waals surface area contributed by atoms with Gasteiger partial charge in [-0.15, -0.1) is 0 Å². The topological polar surface area (TPSA) is 127 Å². The fourth-order valence-corrected chi connectivity index (χ4v) is 6.73. The molecule has 1 aliphatic heterocycles. The fraction of sp³-hybridized carbons (Fsp3) is 0.242. The molecule has 1 fully saturated rings. The summed E-state index contributed by atoms with van der Waals surface area (Å²) in [6.07, 6.45) is 4.34. The van der Waals surface area contributed by atoms with Gasteiger partial charge in [-0.05, 0) is 60.9 Å². The average molecular weight is 645 g/mol. The summed E-state index contributed by atoms with van der Waals surface area (Å²) in [6.45, 7) is 3.54. The number of sulfonamides is 1. The van der Waals surface area contributed by atoms with E-state index in [0.717, 1.165) is 30.5 Å². The van der Waals surface area contributed by atoms with E-state index in [9.17, 15) is 8.42 Å². The van der Waals surface area contributed by atoms with Crippen LogP contribution in [0.3, 0.4) is 0 Å². The van der Waals surface area contributed by atoms with Crippen molar-refractivity contribution in [2.45, 2.75) is 31.2 Å². The largest absolute Gasteiger partial charge is 0.437 e. The minimum atomic E-state index is -3.71. The first-order valence-electron chi connectivity index (χ1n) is 14.5. The second-order valence-corrected chi connectivity index (χ2v) is 13.1. The van der Waals surface area contributed by atoms with Crippen LogP contribution >= 0.6 is 11.6 Å². The maximum atomic E-state index is 13.1. The Morgan fingerprint density at radius 2 is 1.80 bits per heavy atom. The number of benzene rings is 3. The zero-order valence-electron chi connectivity index (χ0n) is 24.8. The minimum absolute atomic E-state index is 0.125. The Morgan fingerprint density at radius 3 is 2.62 bits per heavy atom. The number of fused-ring (bicyclic) bond motifs is 1. The molecule has 10 nitrogen and oxygen atoms in total. The van der Waals surface area contributed by atoms with Crippen molar-refractivity contribution >= 4 is 44.0 Å². The molecule has 3 aromatic carbocycles. The number of methoxy groups -OCH3 is 1. The first kappa shape index (κ1) is 30.7. The van der Waals surface area contributed by atoms with Crippen LogP contribution in [0.15, 0.2) is 85.2 Å². The minimum Gasteiger partial charge on any atom is -0.437 e. The molecule has 0 aliphatic carbocycles. The van der Waals surface area contributed by atoms with Crippen molar-refractivity contribution in [3.05, 3.63) is 101 Å². The van der Waals surface area contributed by atoms with Gasteiger partial charge in [0.25, 0.3) is 0 Å². The third-order valence-corrected chi connectivity index (χ3v) is 9.12. The standard InChI is InChI=1S/C33H33ClN6O4S/c1-21-8-13-26-27(5-3-7-30(26)40-45(41,42)20-22-9-11-23(34)12-10-22)31(21)44-32-28(6-4-15-36-32)29-14-16-37-33(39-29)38-24-17-25(43-2)19-35-18-24/h3-16,24-25,35,40H,17-20H2,1-2H3,(H,37,38,39)/t24-,25+/m0/s1. The van der Waals surface area contributed by atoms with Gasteiger partial charge in [0.05, 0.1) is 28.8 Å². The van der Waals surface area contributed by atoms with Crippen LogP contribution in [0.4, 0.5) is 11.6 Å². The number of rotatable bonds is 10. The second-order valence-electron chi connectivity index (χ2n) is 10.9. The highest BCUT2D eigenvalue weighted by atomic mass is 35.5. The molecule has 0 amide bonds. The third kappa shape index (κ3) is 7.34. The highest BCUT2D eigenvalue weighted by Gasteiger charge is 2.22. The molecule has 2 aromatic heterocycles. The van der Waals surface area contributed by atoms with Crippen molar-refractivity contribution in [2.75, 3.05) is 30.2 Å². The van der Waals surface area contributed by atoms with E-state index in [2.05, 4.69) is 25.3 Å². The van der Waals surface area contributed by atoms with Gasteiger partial charge in [0, 0.05) is 54.4 Å². The first-order valence-corrected chi connectivity index (χ1v) is 16.5. The summed E-state index contributed by atoms with van der Waals surface area (Å²) in [5, 5.41) is 8.76. The molecule has 0 unspecified atom stereocenters. The van der Waals surface area contributed by atoms with Gasteiger partial charge in [-0.25, -0.2) is 23.4 Å². The number of hydrogen-bond acceptors (Lipinski definition) is 9. The Kier molecular flexibility index (Phi) is 9.13. The molecule has 0 spiro atoms. The van der Waals surface area contributed by atoms with Gasteiger partial charge in [-0.3, -0.25) is 4.72 Å². The van der Waals surface area contributed by atoms with Crippen LogP contribution in [-0.2, 0) is 20.5 Å². The van der Waals surface area contributed by atoms with Gasteiger partial charge in [0.1, 0.15) is 5.75 Å². The second kappa shape index (κ2) is 13.4. The van der Waals surface area contributed by atoms with E-state index in [0.29, 0.717) is 50.5 Å². The van der Waals surface area contributed by atoms with Crippen molar-refractivity contribution in [1.29, 1.82) is 0 Å². The molecule has 0 radical (unpaired) electrons. The predicted molar refractivity (Wildman–Crippen MR) is 177 cm³/mol. The summed E-state index contributed by atoms with van der Waals surface area (Å²) in [6, 6.07) is 21.6. The first-order chi connectivity index (χ1) is 21.8. The smallest absolute Gasteiger partial charge is 0.236 e. The summed E-state index contributed by atoms with van der Waals surface area (Å²) in [5.41, 5.74) is 3.29. The molecule has 0 bridgehead atoms.